The average molecular weight is 353 g/mol. The molecule has 1 aromatic rings. The third-order valence-corrected chi connectivity index (χ3v) is 5.23. The molecule has 0 bridgehead atoms. The van der Waals surface area contributed by atoms with E-state index in [0.29, 0.717) is 11.7 Å². The summed E-state index contributed by atoms with van der Waals surface area (Å²) in [7, 11) is 0. The molecule has 0 spiro atoms. The zero-order valence-electron chi connectivity index (χ0n) is 14.8. The quantitative estimate of drug-likeness (QED) is 0.717. The number of likely N-dealkylation sites (tertiary alicyclic amines) is 1. The van der Waals surface area contributed by atoms with E-state index in [1.807, 2.05) is 17.2 Å². The zero-order chi connectivity index (χ0) is 17.4. The minimum Gasteiger partial charge on any atom is -0.342 e. The maximum atomic E-state index is 13.3. The number of carbonyl (C=O) groups is 1. The van der Waals surface area contributed by atoms with E-state index in [9.17, 15) is 9.18 Å². The molecule has 24 heavy (non-hydrogen) atoms. The van der Waals surface area contributed by atoms with Crippen LogP contribution >= 0.6 is 11.8 Å². The molecular weight excluding hydrogens is 323 g/mol. The Bertz CT molecular complexity index is 526. The monoisotopic (exact) mass is 352 g/mol. The van der Waals surface area contributed by atoms with E-state index < -0.39 is 0 Å². The van der Waals surface area contributed by atoms with Crippen molar-refractivity contribution in [3.63, 3.8) is 0 Å². The lowest BCUT2D eigenvalue weighted by molar-refractivity contribution is -0.129. The molecule has 5 heteroatoms. The van der Waals surface area contributed by atoms with Crippen LogP contribution in [0.5, 0.6) is 0 Å². The Morgan fingerprint density at radius 3 is 3.00 bits per heavy atom. The van der Waals surface area contributed by atoms with Crippen molar-refractivity contribution in [2.75, 3.05) is 44.7 Å². The van der Waals surface area contributed by atoms with Crippen LogP contribution in [0.15, 0.2) is 24.3 Å². The first-order valence-electron chi connectivity index (χ1n) is 8.86. The highest BCUT2D eigenvalue weighted by molar-refractivity contribution is 7.99. The van der Waals surface area contributed by atoms with Crippen molar-refractivity contribution < 1.29 is 9.18 Å². The summed E-state index contributed by atoms with van der Waals surface area (Å²) in [6, 6.07) is 6.89. The summed E-state index contributed by atoms with van der Waals surface area (Å²) in [5.74, 6) is 1.22. The van der Waals surface area contributed by atoms with E-state index in [1.165, 1.54) is 18.9 Å². The average Bonchev–Trinajstić information content (AvgIpc) is 2.58. The van der Waals surface area contributed by atoms with Crippen molar-refractivity contribution >= 4 is 17.7 Å². The van der Waals surface area contributed by atoms with E-state index in [4.69, 9.17) is 0 Å². The molecule has 3 nitrogen and oxygen atoms in total. The smallest absolute Gasteiger partial charge is 0.232 e. The van der Waals surface area contributed by atoms with Crippen LogP contribution in [0.4, 0.5) is 4.39 Å². The van der Waals surface area contributed by atoms with Gasteiger partial charge in [0.2, 0.25) is 5.91 Å². The summed E-state index contributed by atoms with van der Waals surface area (Å²) >= 11 is 1.59. The number of benzene rings is 1. The maximum Gasteiger partial charge on any atom is 0.232 e. The van der Waals surface area contributed by atoms with Gasteiger partial charge in [0.1, 0.15) is 5.82 Å². The van der Waals surface area contributed by atoms with E-state index in [-0.39, 0.29) is 11.7 Å². The molecule has 1 aromatic carbocycles. The molecule has 1 fully saturated rings. The fourth-order valence-electron chi connectivity index (χ4n) is 3.42. The van der Waals surface area contributed by atoms with Gasteiger partial charge < -0.3 is 9.80 Å². The number of hydrogen-bond donors (Lipinski definition) is 0. The van der Waals surface area contributed by atoms with Gasteiger partial charge in [-0.15, -0.1) is 0 Å². The minimum absolute atomic E-state index is 0.157. The summed E-state index contributed by atoms with van der Waals surface area (Å²) in [4.78, 5) is 16.6. The second-order valence-corrected chi connectivity index (χ2v) is 7.42. The van der Waals surface area contributed by atoms with Crippen molar-refractivity contribution in [1.82, 2.24) is 9.80 Å². The maximum absolute atomic E-state index is 13.3. The summed E-state index contributed by atoms with van der Waals surface area (Å²) in [6.07, 6.45) is 5.23. The fraction of sp³-hybridized carbons (Fsp3) is 0.632. The Morgan fingerprint density at radius 1 is 1.46 bits per heavy atom. The minimum atomic E-state index is -0.157. The van der Waals surface area contributed by atoms with Gasteiger partial charge in [-0.25, -0.2) is 4.39 Å². The Kier molecular flexibility index (Phi) is 8.06. The van der Waals surface area contributed by atoms with Gasteiger partial charge in [0, 0.05) is 26.2 Å². The fourth-order valence-corrected chi connectivity index (χ4v) is 3.85. The van der Waals surface area contributed by atoms with Gasteiger partial charge in [0.05, 0.1) is 5.75 Å². The molecule has 0 aliphatic carbocycles. The molecule has 1 atom stereocenters. The van der Waals surface area contributed by atoms with Crippen molar-refractivity contribution in [3.05, 3.63) is 35.6 Å². The van der Waals surface area contributed by atoms with Crippen LogP contribution in [-0.2, 0) is 11.2 Å². The van der Waals surface area contributed by atoms with E-state index in [1.54, 1.807) is 23.9 Å². The zero-order valence-corrected chi connectivity index (χ0v) is 15.7. The normalized spacial score (nSPS) is 18.5. The van der Waals surface area contributed by atoms with Crippen LogP contribution in [0.3, 0.4) is 0 Å². The van der Waals surface area contributed by atoms with E-state index in [0.717, 1.165) is 44.7 Å². The molecular formula is C19H29FN2OS. The second kappa shape index (κ2) is 10.0. The highest BCUT2D eigenvalue weighted by atomic mass is 32.2. The predicted molar refractivity (Wildman–Crippen MR) is 99.9 cm³/mol. The molecule has 0 radical (unpaired) electrons. The van der Waals surface area contributed by atoms with Gasteiger partial charge in [-0.2, -0.15) is 11.8 Å². The van der Waals surface area contributed by atoms with Crippen molar-refractivity contribution in [2.24, 2.45) is 5.92 Å². The SMILES string of the molecule is CCN(C[C@H]1CCCN(CCc2cccc(F)c2)C1)C(=O)CSC. The van der Waals surface area contributed by atoms with Gasteiger partial charge in [-0.3, -0.25) is 4.79 Å². The number of piperidine rings is 1. The molecule has 0 aromatic heterocycles. The molecule has 2 rings (SSSR count). The number of hydrogen-bond acceptors (Lipinski definition) is 3. The summed E-state index contributed by atoms with van der Waals surface area (Å²) in [6.45, 7) is 6.83. The van der Waals surface area contributed by atoms with Crippen molar-refractivity contribution in [2.45, 2.75) is 26.2 Å². The van der Waals surface area contributed by atoms with Gasteiger partial charge in [-0.1, -0.05) is 12.1 Å². The number of amides is 1. The lowest BCUT2D eigenvalue weighted by Gasteiger charge is -2.35. The highest BCUT2D eigenvalue weighted by Crippen LogP contribution is 2.19. The Balaban J connectivity index is 1.81. The van der Waals surface area contributed by atoms with Crippen LogP contribution in [0.2, 0.25) is 0 Å². The third kappa shape index (κ3) is 6.10. The number of rotatable bonds is 8. The summed E-state index contributed by atoms with van der Waals surface area (Å²) < 4.78 is 13.3. The standard InChI is InChI=1S/C19H29FN2OS/c1-3-22(19(23)15-24-2)14-17-7-5-10-21(13-17)11-9-16-6-4-8-18(20)12-16/h4,6,8,12,17H,3,5,7,9-11,13-15H2,1-2H3/t17-/m0/s1. The summed E-state index contributed by atoms with van der Waals surface area (Å²) in [5.41, 5.74) is 1.06. The van der Waals surface area contributed by atoms with Crippen molar-refractivity contribution in [1.29, 1.82) is 0 Å². The van der Waals surface area contributed by atoms with E-state index >= 15 is 0 Å². The van der Waals surface area contributed by atoms with Crippen LogP contribution in [0.25, 0.3) is 0 Å². The first-order valence-corrected chi connectivity index (χ1v) is 10.2. The Morgan fingerprint density at radius 2 is 2.29 bits per heavy atom. The number of halogens is 1. The molecule has 1 heterocycles. The van der Waals surface area contributed by atoms with Crippen LogP contribution < -0.4 is 0 Å². The molecule has 1 saturated heterocycles. The van der Waals surface area contributed by atoms with Gasteiger partial charge >= 0.3 is 0 Å². The number of thioether (sulfide) groups is 1. The number of nitrogens with zero attached hydrogens (tertiary/aromatic N) is 2. The molecule has 1 aliphatic heterocycles. The highest BCUT2D eigenvalue weighted by Gasteiger charge is 2.23. The molecule has 134 valence electrons. The third-order valence-electron chi connectivity index (χ3n) is 4.69. The lowest BCUT2D eigenvalue weighted by Crippen LogP contribution is -2.43. The molecule has 1 amide bonds. The number of carbonyl (C=O) groups excluding carboxylic acids is 1. The topological polar surface area (TPSA) is 23.6 Å². The first-order chi connectivity index (χ1) is 11.6. The lowest BCUT2D eigenvalue weighted by atomic mass is 9.97. The molecule has 0 N–H and O–H groups in total. The predicted octanol–water partition coefficient (Wildman–Crippen LogP) is 3.29. The van der Waals surface area contributed by atoms with Gasteiger partial charge in [0.15, 0.2) is 0 Å². The van der Waals surface area contributed by atoms with Gasteiger partial charge in [-0.05, 0) is 62.6 Å². The van der Waals surface area contributed by atoms with Crippen LogP contribution in [-0.4, -0.2) is 60.4 Å². The van der Waals surface area contributed by atoms with Crippen LogP contribution in [0.1, 0.15) is 25.3 Å². The van der Waals surface area contributed by atoms with Crippen LogP contribution in [0, 0.1) is 11.7 Å². The Hall–Kier alpha value is -1.07. The second-order valence-electron chi connectivity index (χ2n) is 6.55. The first kappa shape index (κ1) is 19.3. The molecule has 0 saturated carbocycles. The van der Waals surface area contributed by atoms with Crippen molar-refractivity contribution in [3.8, 4) is 0 Å². The molecule has 1 aliphatic rings. The Labute approximate surface area is 149 Å². The van der Waals surface area contributed by atoms with E-state index in [2.05, 4.69) is 11.8 Å². The molecule has 0 unspecified atom stereocenters. The summed E-state index contributed by atoms with van der Waals surface area (Å²) in [5, 5.41) is 0. The van der Waals surface area contributed by atoms with Gasteiger partial charge in [0.25, 0.3) is 0 Å². The largest absolute Gasteiger partial charge is 0.342 e.